The first-order valence-electron chi connectivity index (χ1n) is 7.23. The molecule has 1 aromatic rings. The second-order valence-electron chi connectivity index (χ2n) is 5.24. The van der Waals surface area contributed by atoms with Crippen molar-refractivity contribution in [2.24, 2.45) is 5.92 Å². The summed E-state index contributed by atoms with van der Waals surface area (Å²) in [6.45, 7) is 1.22. The number of H-pyrrole nitrogens is 1. The van der Waals surface area contributed by atoms with E-state index in [4.69, 9.17) is 4.74 Å². The lowest BCUT2D eigenvalue weighted by atomic mass is 9.90. The van der Waals surface area contributed by atoms with E-state index in [0.717, 1.165) is 18.4 Å². The lowest BCUT2D eigenvalue weighted by Crippen LogP contribution is -2.28. The summed E-state index contributed by atoms with van der Waals surface area (Å²) in [5.74, 6) is 0.574. The molecule has 0 bridgehead atoms. The second-order valence-corrected chi connectivity index (χ2v) is 5.24. The summed E-state index contributed by atoms with van der Waals surface area (Å²) < 4.78 is 5.25. The molecule has 1 heterocycles. The summed E-state index contributed by atoms with van der Waals surface area (Å²) in [7, 11) is 0. The molecule has 1 aromatic heterocycles. The predicted molar refractivity (Wildman–Crippen MR) is 72.8 cm³/mol. The van der Waals surface area contributed by atoms with E-state index in [1.54, 1.807) is 6.20 Å². The number of aromatic nitrogens is 2. The van der Waals surface area contributed by atoms with Crippen LogP contribution in [0.25, 0.3) is 0 Å². The van der Waals surface area contributed by atoms with Crippen molar-refractivity contribution in [2.75, 3.05) is 13.2 Å². The number of nitrogens with zero attached hydrogens (tertiary/aromatic N) is 1. The van der Waals surface area contributed by atoms with Crippen molar-refractivity contribution in [1.29, 1.82) is 0 Å². The number of carbonyl (C=O) groups excluding carboxylic acids is 1. The van der Waals surface area contributed by atoms with Crippen LogP contribution in [0.3, 0.4) is 0 Å². The standard InChI is InChI=1S/C14H23N3O2/c18-14(19-11-12-5-2-1-3-6-12)15-8-4-7-13-9-16-17-10-13/h9-10,12H,1-8,11H2,(H,15,18)(H,16,17). The van der Waals surface area contributed by atoms with Crippen molar-refractivity contribution >= 4 is 6.09 Å². The van der Waals surface area contributed by atoms with Gasteiger partial charge in [-0.05, 0) is 37.2 Å². The summed E-state index contributed by atoms with van der Waals surface area (Å²) in [6, 6.07) is 0. The second kappa shape index (κ2) is 7.81. The number of alkyl carbamates (subject to hydrolysis) is 1. The third-order valence-corrected chi connectivity index (χ3v) is 3.64. The van der Waals surface area contributed by atoms with Gasteiger partial charge < -0.3 is 10.1 Å². The molecule has 0 saturated heterocycles. The van der Waals surface area contributed by atoms with Gasteiger partial charge in [-0.1, -0.05) is 19.3 Å². The van der Waals surface area contributed by atoms with Gasteiger partial charge in [-0.15, -0.1) is 0 Å². The number of aryl methyl sites for hydroxylation is 1. The van der Waals surface area contributed by atoms with Gasteiger partial charge in [0.15, 0.2) is 0 Å². The first-order chi connectivity index (χ1) is 9.34. The van der Waals surface area contributed by atoms with E-state index in [9.17, 15) is 4.79 Å². The number of carbonyl (C=O) groups is 1. The molecule has 1 saturated carbocycles. The van der Waals surface area contributed by atoms with Crippen LogP contribution >= 0.6 is 0 Å². The molecule has 2 N–H and O–H groups in total. The lowest BCUT2D eigenvalue weighted by molar-refractivity contribution is 0.116. The molecular formula is C14H23N3O2. The summed E-state index contributed by atoms with van der Waals surface area (Å²) in [6.07, 6.45) is 11.5. The molecule has 1 aliphatic carbocycles. The van der Waals surface area contributed by atoms with Crippen molar-refractivity contribution in [3.05, 3.63) is 18.0 Å². The molecule has 5 nitrogen and oxygen atoms in total. The highest BCUT2D eigenvalue weighted by Crippen LogP contribution is 2.23. The van der Waals surface area contributed by atoms with Crippen LogP contribution in [0.5, 0.6) is 0 Å². The van der Waals surface area contributed by atoms with Crippen LogP contribution in [-0.4, -0.2) is 29.4 Å². The van der Waals surface area contributed by atoms with E-state index in [-0.39, 0.29) is 6.09 Å². The maximum Gasteiger partial charge on any atom is 0.407 e. The van der Waals surface area contributed by atoms with Crippen molar-refractivity contribution in [1.82, 2.24) is 15.5 Å². The number of aromatic amines is 1. The fourth-order valence-corrected chi connectivity index (χ4v) is 2.50. The predicted octanol–water partition coefficient (Wildman–Crippen LogP) is 2.65. The Morgan fingerprint density at radius 3 is 3.00 bits per heavy atom. The average molecular weight is 265 g/mol. The highest BCUT2D eigenvalue weighted by atomic mass is 16.5. The van der Waals surface area contributed by atoms with E-state index < -0.39 is 0 Å². The zero-order valence-electron chi connectivity index (χ0n) is 11.4. The molecule has 1 amide bonds. The molecule has 19 heavy (non-hydrogen) atoms. The fraction of sp³-hybridized carbons (Fsp3) is 0.714. The highest BCUT2D eigenvalue weighted by molar-refractivity contribution is 5.67. The smallest absolute Gasteiger partial charge is 0.407 e. The number of rotatable bonds is 6. The van der Waals surface area contributed by atoms with Crippen LogP contribution in [0, 0.1) is 5.92 Å². The molecule has 1 fully saturated rings. The Morgan fingerprint density at radius 2 is 2.26 bits per heavy atom. The first kappa shape index (κ1) is 13.9. The summed E-state index contributed by atoms with van der Waals surface area (Å²) in [5.41, 5.74) is 1.16. The molecule has 0 radical (unpaired) electrons. The number of hydrogen-bond acceptors (Lipinski definition) is 3. The maximum atomic E-state index is 11.5. The SMILES string of the molecule is O=C(NCCCc1cn[nH]c1)OCC1CCCCC1. The van der Waals surface area contributed by atoms with Gasteiger partial charge in [-0.25, -0.2) is 4.79 Å². The van der Waals surface area contributed by atoms with Crippen molar-refractivity contribution in [3.63, 3.8) is 0 Å². The molecule has 5 heteroatoms. The molecule has 1 aliphatic rings. The highest BCUT2D eigenvalue weighted by Gasteiger charge is 2.15. The Labute approximate surface area is 114 Å². The molecule has 106 valence electrons. The largest absolute Gasteiger partial charge is 0.449 e. The zero-order valence-corrected chi connectivity index (χ0v) is 11.4. The Kier molecular flexibility index (Phi) is 5.72. The minimum atomic E-state index is -0.280. The number of hydrogen-bond donors (Lipinski definition) is 2. The van der Waals surface area contributed by atoms with Crippen LogP contribution in [0.2, 0.25) is 0 Å². The summed E-state index contributed by atoms with van der Waals surface area (Å²) >= 11 is 0. The van der Waals surface area contributed by atoms with Gasteiger partial charge in [-0.3, -0.25) is 5.10 Å². The van der Waals surface area contributed by atoms with Gasteiger partial charge in [0.2, 0.25) is 0 Å². The van der Waals surface area contributed by atoms with Gasteiger partial charge in [0.05, 0.1) is 12.8 Å². The Bertz CT molecular complexity index is 359. The monoisotopic (exact) mass is 265 g/mol. The Hall–Kier alpha value is -1.52. The van der Waals surface area contributed by atoms with Crippen LogP contribution in [0.4, 0.5) is 4.79 Å². The number of ether oxygens (including phenoxy) is 1. The van der Waals surface area contributed by atoms with E-state index in [0.29, 0.717) is 19.1 Å². The van der Waals surface area contributed by atoms with Crippen LogP contribution < -0.4 is 5.32 Å². The maximum absolute atomic E-state index is 11.5. The summed E-state index contributed by atoms with van der Waals surface area (Å²) in [5, 5.41) is 9.45. The normalized spacial score (nSPS) is 16.2. The lowest BCUT2D eigenvalue weighted by Gasteiger charge is -2.21. The van der Waals surface area contributed by atoms with Gasteiger partial charge in [0.25, 0.3) is 0 Å². The molecule has 0 aromatic carbocycles. The van der Waals surface area contributed by atoms with E-state index in [1.165, 1.54) is 32.1 Å². The van der Waals surface area contributed by atoms with Gasteiger partial charge in [0, 0.05) is 12.7 Å². The molecule has 2 rings (SSSR count). The fourth-order valence-electron chi connectivity index (χ4n) is 2.50. The minimum Gasteiger partial charge on any atom is -0.449 e. The first-order valence-corrected chi connectivity index (χ1v) is 7.23. The van der Waals surface area contributed by atoms with E-state index in [1.807, 2.05) is 6.20 Å². The molecule has 0 atom stereocenters. The molecular weight excluding hydrogens is 242 g/mol. The van der Waals surface area contributed by atoms with Crippen LogP contribution in [-0.2, 0) is 11.2 Å². The van der Waals surface area contributed by atoms with Crippen molar-refractivity contribution < 1.29 is 9.53 Å². The molecule has 0 aliphatic heterocycles. The molecule has 0 spiro atoms. The van der Waals surface area contributed by atoms with Crippen molar-refractivity contribution in [3.8, 4) is 0 Å². The minimum absolute atomic E-state index is 0.280. The average Bonchev–Trinajstić information content (AvgIpc) is 2.96. The Balaban J connectivity index is 1.49. The van der Waals surface area contributed by atoms with E-state index in [2.05, 4.69) is 15.5 Å². The summed E-state index contributed by atoms with van der Waals surface area (Å²) in [4.78, 5) is 11.5. The Morgan fingerprint density at radius 1 is 1.42 bits per heavy atom. The van der Waals surface area contributed by atoms with Crippen molar-refractivity contribution in [2.45, 2.75) is 44.9 Å². The third-order valence-electron chi connectivity index (χ3n) is 3.64. The number of amides is 1. The quantitative estimate of drug-likeness (QED) is 0.777. The van der Waals surface area contributed by atoms with Crippen LogP contribution in [0.1, 0.15) is 44.1 Å². The number of nitrogens with one attached hydrogen (secondary N) is 2. The topological polar surface area (TPSA) is 67.0 Å². The zero-order chi connectivity index (χ0) is 13.3. The van der Waals surface area contributed by atoms with Gasteiger partial charge in [-0.2, -0.15) is 5.10 Å². The van der Waals surface area contributed by atoms with Gasteiger partial charge >= 0.3 is 6.09 Å². The van der Waals surface area contributed by atoms with Crippen LogP contribution in [0.15, 0.2) is 12.4 Å². The molecule has 0 unspecified atom stereocenters. The van der Waals surface area contributed by atoms with Gasteiger partial charge in [0.1, 0.15) is 0 Å². The third kappa shape index (κ3) is 5.32. The van der Waals surface area contributed by atoms with E-state index >= 15 is 0 Å².